The lowest BCUT2D eigenvalue weighted by molar-refractivity contribution is 0.564. The van der Waals surface area contributed by atoms with Crippen LogP contribution in [-0.2, 0) is 5.41 Å². The van der Waals surface area contributed by atoms with E-state index in [0.29, 0.717) is 11.0 Å². The number of pyridine rings is 1. The fourth-order valence-corrected chi connectivity index (χ4v) is 2.48. The summed E-state index contributed by atoms with van der Waals surface area (Å²) < 4.78 is 0.754. The van der Waals surface area contributed by atoms with Gasteiger partial charge in [-0.1, -0.05) is 32.4 Å². The Morgan fingerprint density at radius 1 is 1.22 bits per heavy atom. The molecule has 0 saturated carbocycles. The second-order valence-electron chi connectivity index (χ2n) is 4.99. The van der Waals surface area contributed by atoms with E-state index >= 15 is 0 Å². The summed E-state index contributed by atoms with van der Waals surface area (Å²) in [5.41, 5.74) is 1.64. The number of hydrogen-bond acceptors (Lipinski definition) is 3. The van der Waals surface area contributed by atoms with Gasteiger partial charge in [-0.2, -0.15) is 0 Å². The van der Waals surface area contributed by atoms with Crippen LogP contribution >= 0.6 is 27.5 Å². The molecule has 0 unspecified atom stereocenters. The smallest absolute Gasteiger partial charge is 0.162 e. The molecule has 2 rings (SSSR count). The van der Waals surface area contributed by atoms with Crippen LogP contribution in [0.15, 0.2) is 29.0 Å². The molecule has 3 nitrogen and oxygen atoms in total. The van der Waals surface area contributed by atoms with Crippen LogP contribution in [0.25, 0.3) is 11.4 Å². The van der Waals surface area contributed by atoms with Crippen LogP contribution in [0.1, 0.15) is 26.5 Å². The minimum absolute atomic E-state index is 0.109. The van der Waals surface area contributed by atoms with E-state index in [0.717, 1.165) is 15.7 Å². The van der Waals surface area contributed by atoms with Crippen molar-refractivity contribution in [2.75, 3.05) is 0 Å². The zero-order chi connectivity index (χ0) is 13.3. The molecule has 0 radical (unpaired) electrons. The predicted molar refractivity (Wildman–Crippen MR) is 76.7 cm³/mol. The summed E-state index contributed by atoms with van der Waals surface area (Å²) >= 11 is 9.61. The molecule has 2 aromatic rings. The van der Waals surface area contributed by atoms with Gasteiger partial charge in [0.25, 0.3) is 0 Å². The molecule has 0 aromatic carbocycles. The van der Waals surface area contributed by atoms with Crippen molar-refractivity contribution < 1.29 is 0 Å². The Morgan fingerprint density at radius 2 is 1.94 bits per heavy atom. The van der Waals surface area contributed by atoms with E-state index in [1.807, 2.05) is 12.1 Å². The van der Waals surface area contributed by atoms with Crippen molar-refractivity contribution in [3.05, 3.63) is 39.8 Å². The Hall–Kier alpha value is -1.00. The fourth-order valence-electron chi connectivity index (χ4n) is 1.54. The first kappa shape index (κ1) is 13.4. The highest BCUT2D eigenvalue weighted by atomic mass is 79.9. The molecule has 0 N–H and O–H groups in total. The lowest BCUT2D eigenvalue weighted by Gasteiger charge is -2.20. The molecule has 0 aliphatic rings. The molecule has 0 atom stereocenters. The van der Waals surface area contributed by atoms with Crippen LogP contribution in [0.2, 0.25) is 5.15 Å². The van der Waals surface area contributed by atoms with Gasteiger partial charge in [0, 0.05) is 23.4 Å². The van der Waals surface area contributed by atoms with Crippen molar-refractivity contribution >= 4 is 27.5 Å². The van der Waals surface area contributed by atoms with Gasteiger partial charge in [-0.25, -0.2) is 9.97 Å². The minimum atomic E-state index is -0.109. The molecular formula is C13H13BrClN3. The van der Waals surface area contributed by atoms with Gasteiger partial charge in [-0.15, -0.1) is 0 Å². The van der Waals surface area contributed by atoms with Gasteiger partial charge in [0.05, 0.1) is 10.2 Å². The first-order chi connectivity index (χ1) is 8.39. The quantitative estimate of drug-likeness (QED) is 0.735. The maximum absolute atomic E-state index is 6.16. The first-order valence-electron chi connectivity index (χ1n) is 5.53. The third kappa shape index (κ3) is 2.70. The van der Waals surface area contributed by atoms with Crippen LogP contribution in [0, 0.1) is 0 Å². The average molecular weight is 327 g/mol. The maximum atomic E-state index is 6.16. The highest BCUT2D eigenvalue weighted by Gasteiger charge is 2.22. The Balaban J connectivity index is 2.62. The van der Waals surface area contributed by atoms with Crippen LogP contribution < -0.4 is 0 Å². The minimum Gasteiger partial charge on any atom is -0.264 e. The predicted octanol–water partition coefficient (Wildman–Crippen LogP) is 4.25. The van der Waals surface area contributed by atoms with Gasteiger partial charge >= 0.3 is 0 Å². The summed E-state index contributed by atoms with van der Waals surface area (Å²) in [7, 11) is 0. The number of rotatable bonds is 1. The zero-order valence-electron chi connectivity index (χ0n) is 10.4. The normalized spacial score (nSPS) is 11.6. The second-order valence-corrected chi connectivity index (χ2v) is 6.14. The van der Waals surface area contributed by atoms with Crippen LogP contribution in [0.4, 0.5) is 0 Å². The summed E-state index contributed by atoms with van der Waals surface area (Å²) in [6.07, 6.45) is 3.45. The summed E-state index contributed by atoms with van der Waals surface area (Å²) in [6.45, 7) is 6.26. The molecule has 0 aliphatic heterocycles. The average Bonchev–Trinajstić information content (AvgIpc) is 2.32. The Bertz CT molecular complexity index is 564. The Labute approximate surface area is 120 Å². The number of aromatic nitrogens is 3. The van der Waals surface area contributed by atoms with Crippen molar-refractivity contribution in [3.8, 4) is 11.4 Å². The van der Waals surface area contributed by atoms with Crippen molar-refractivity contribution in [1.29, 1.82) is 0 Å². The van der Waals surface area contributed by atoms with Crippen LogP contribution in [0.5, 0.6) is 0 Å². The lowest BCUT2D eigenvalue weighted by atomic mass is 9.92. The van der Waals surface area contributed by atoms with E-state index in [1.54, 1.807) is 12.4 Å². The number of nitrogens with zero attached hydrogens (tertiary/aromatic N) is 3. The maximum Gasteiger partial charge on any atom is 0.162 e. The third-order valence-corrected chi connectivity index (χ3v) is 3.69. The number of halogens is 2. The van der Waals surface area contributed by atoms with Gasteiger partial charge in [0.2, 0.25) is 0 Å². The van der Waals surface area contributed by atoms with E-state index in [-0.39, 0.29) is 5.41 Å². The van der Waals surface area contributed by atoms with Gasteiger partial charge in [0.1, 0.15) is 5.15 Å². The SMILES string of the molecule is CC(C)(C)c1nc(-c2cccnc2)nc(Cl)c1Br. The molecule has 0 fully saturated rings. The largest absolute Gasteiger partial charge is 0.264 e. The highest BCUT2D eigenvalue weighted by Crippen LogP contribution is 2.33. The van der Waals surface area contributed by atoms with Crippen molar-refractivity contribution in [2.24, 2.45) is 0 Å². The molecule has 2 heterocycles. The van der Waals surface area contributed by atoms with Gasteiger partial charge < -0.3 is 0 Å². The van der Waals surface area contributed by atoms with Gasteiger partial charge in [-0.05, 0) is 28.1 Å². The molecule has 0 aliphatic carbocycles. The van der Waals surface area contributed by atoms with E-state index in [1.165, 1.54) is 0 Å². The summed E-state index contributed by atoms with van der Waals surface area (Å²) in [5.74, 6) is 0.598. The molecular weight excluding hydrogens is 314 g/mol. The molecule has 2 aromatic heterocycles. The highest BCUT2D eigenvalue weighted by molar-refractivity contribution is 9.10. The summed E-state index contributed by atoms with van der Waals surface area (Å²) in [4.78, 5) is 12.9. The van der Waals surface area contributed by atoms with E-state index in [4.69, 9.17) is 11.6 Å². The monoisotopic (exact) mass is 325 g/mol. The van der Waals surface area contributed by atoms with Crippen molar-refractivity contribution in [2.45, 2.75) is 26.2 Å². The molecule has 5 heteroatoms. The van der Waals surface area contributed by atoms with Crippen molar-refractivity contribution in [1.82, 2.24) is 15.0 Å². The Kier molecular flexibility index (Phi) is 3.69. The molecule has 18 heavy (non-hydrogen) atoms. The van der Waals surface area contributed by atoms with E-state index in [2.05, 4.69) is 51.7 Å². The molecule has 0 amide bonds. The third-order valence-electron chi connectivity index (χ3n) is 2.44. The van der Waals surface area contributed by atoms with E-state index in [9.17, 15) is 0 Å². The second kappa shape index (κ2) is 4.94. The molecule has 0 saturated heterocycles. The standard InChI is InChI=1S/C13H13BrClN3/c1-13(2,3)10-9(14)11(15)18-12(17-10)8-5-4-6-16-7-8/h4-7H,1-3H3. The molecule has 0 bridgehead atoms. The molecule has 94 valence electrons. The summed E-state index contributed by atoms with van der Waals surface area (Å²) in [5, 5.41) is 0.425. The number of hydrogen-bond donors (Lipinski definition) is 0. The van der Waals surface area contributed by atoms with Crippen molar-refractivity contribution in [3.63, 3.8) is 0 Å². The fraction of sp³-hybridized carbons (Fsp3) is 0.308. The first-order valence-corrected chi connectivity index (χ1v) is 6.70. The van der Waals surface area contributed by atoms with Gasteiger partial charge in [0.15, 0.2) is 5.82 Å². The summed E-state index contributed by atoms with van der Waals surface area (Å²) in [6, 6.07) is 3.77. The Morgan fingerprint density at radius 3 is 2.50 bits per heavy atom. The lowest BCUT2D eigenvalue weighted by Crippen LogP contribution is -2.16. The zero-order valence-corrected chi connectivity index (χ0v) is 12.7. The molecule has 0 spiro atoms. The van der Waals surface area contributed by atoms with Crippen LogP contribution in [-0.4, -0.2) is 15.0 Å². The van der Waals surface area contributed by atoms with Gasteiger partial charge in [-0.3, -0.25) is 4.98 Å². The van der Waals surface area contributed by atoms with E-state index < -0.39 is 0 Å². The topological polar surface area (TPSA) is 38.7 Å². The van der Waals surface area contributed by atoms with Crippen LogP contribution in [0.3, 0.4) is 0 Å².